The summed E-state index contributed by atoms with van der Waals surface area (Å²) >= 11 is 5.93. The molecule has 4 aliphatic rings. The standard InChI is InChI=1S/C19H23ClN2O4S/c20-15-6-4-13(5-7-15)9-22-12-19-11-21(18(23)14-2-1-3-14)10-16(26-19)8-17(19)27(22,24)25/h4-7,14,16-17H,1-3,8-12H2/t16-,17+,19+/m0/s1. The fourth-order valence-corrected chi connectivity index (χ4v) is 7.38. The van der Waals surface area contributed by atoms with Crippen LogP contribution < -0.4 is 0 Å². The summed E-state index contributed by atoms with van der Waals surface area (Å²) in [4.78, 5) is 14.6. The van der Waals surface area contributed by atoms with Crippen molar-refractivity contribution in [2.75, 3.05) is 19.6 Å². The molecule has 146 valence electrons. The SMILES string of the molecule is O=C(C1CCC1)N1C[C@@H]2C[C@@H]3[C@@](C1)(CN(Cc1ccc(Cl)cc1)S3(=O)=O)O2. The van der Waals surface area contributed by atoms with Crippen molar-refractivity contribution in [3.05, 3.63) is 34.9 Å². The van der Waals surface area contributed by atoms with Gasteiger partial charge in [0.1, 0.15) is 10.9 Å². The van der Waals surface area contributed by atoms with Crippen molar-refractivity contribution >= 4 is 27.5 Å². The summed E-state index contributed by atoms with van der Waals surface area (Å²) in [7, 11) is -3.46. The second kappa shape index (κ2) is 6.17. The molecule has 1 aromatic rings. The van der Waals surface area contributed by atoms with Crippen molar-refractivity contribution in [1.82, 2.24) is 9.21 Å². The Morgan fingerprint density at radius 1 is 1.22 bits per heavy atom. The van der Waals surface area contributed by atoms with Gasteiger partial charge < -0.3 is 9.64 Å². The quantitative estimate of drug-likeness (QED) is 0.764. The van der Waals surface area contributed by atoms with Crippen LogP contribution in [0.4, 0.5) is 0 Å². The summed E-state index contributed by atoms with van der Waals surface area (Å²) in [5.74, 6) is 0.309. The smallest absolute Gasteiger partial charge is 0.225 e. The summed E-state index contributed by atoms with van der Waals surface area (Å²) in [6.45, 7) is 1.54. The third-order valence-electron chi connectivity index (χ3n) is 6.55. The minimum atomic E-state index is -3.46. The second-order valence-electron chi connectivity index (χ2n) is 8.32. The average molecular weight is 411 g/mol. The Morgan fingerprint density at radius 3 is 2.63 bits per heavy atom. The molecule has 1 amide bonds. The first-order valence-electron chi connectivity index (χ1n) is 9.57. The van der Waals surface area contributed by atoms with E-state index in [4.69, 9.17) is 16.3 Å². The maximum atomic E-state index is 13.2. The zero-order valence-corrected chi connectivity index (χ0v) is 16.6. The van der Waals surface area contributed by atoms with Crippen LogP contribution >= 0.6 is 11.6 Å². The molecule has 27 heavy (non-hydrogen) atoms. The van der Waals surface area contributed by atoms with Gasteiger partial charge in [-0.05, 0) is 37.0 Å². The Balaban J connectivity index is 1.39. The molecule has 1 spiro atoms. The van der Waals surface area contributed by atoms with E-state index in [9.17, 15) is 13.2 Å². The minimum Gasteiger partial charge on any atom is -0.365 e. The second-order valence-corrected chi connectivity index (χ2v) is 10.9. The van der Waals surface area contributed by atoms with Gasteiger partial charge in [-0.3, -0.25) is 4.79 Å². The first-order chi connectivity index (χ1) is 12.9. The third-order valence-corrected chi connectivity index (χ3v) is 9.12. The molecule has 2 bridgehead atoms. The molecule has 4 fully saturated rings. The van der Waals surface area contributed by atoms with Gasteiger partial charge in [0, 0.05) is 30.6 Å². The van der Waals surface area contributed by atoms with Crippen molar-refractivity contribution in [2.24, 2.45) is 5.92 Å². The number of hydrogen-bond donors (Lipinski definition) is 0. The van der Waals surface area contributed by atoms with Crippen LogP contribution in [-0.4, -0.2) is 60.1 Å². The molecule has 5 rings (SSSR count). The van der Waals surface area contributed by atoms with E-state index >= 15 is 0 Å². The largest absolute Gasteiger partial charge is 0.365 e. The topological polar surface area (TPSA) is 66.9 Å². The van der Waals surface area contributed by atoms with Crippen molar-refractivity contribution in [3.63, 3.8) is 0 Å². The summed E-state index contributed by atoms with van der Waals surface area (Å²) in [5, 5.41) is 0.0728. The Labute approximate surface area is 164 Å². The van der Waals surface area contributed by atoms with Gasteiger partial charge in [-0.1, -0.05) is 30.2 Å². The first-order valence-corrected chi connectivity index (χ1v) is 11.5. The fraction of sp³-hybridized carbons (Fsp3) is 0.632. The van der Waals surface area contributed by atoms with Gasteiger partial charge in [0.05, 0.1) is 12.6 Å². The van der Waals surface area contributed by atoms with E-state index in [-0.39, 0.29) is 17.9 Å². The number of ether oxygens (including phenoxy) is 1. The van der Waals surface area contributed by atoms with Crippen LogP contribution in [0.1, 0.15) is 31.2 Å². The van der Waals surface area contributed by atoms with Crippen LogP contribution in [0.15, 0.2) is 24.3 Å². The van der Waals surface area contributed by atoms with Crippen LogP contribution in [-0.2, 0) is 26.1 Å². The fourth-order valence-electron chi connectivity index (χ4n) is 4.96. The number of carbonyl (C=O) groups is 1. The molecular formula is C19H23ClN2O4S. The van der Waals surface area contributed by atoms with E-state index in [0.29, 0.717) is 37.6 Å². The van der Waals surface area contributed by atoms with Crippen molar-refractivity contribution in [1.29, 1.82) is 0 Å². The molecule has 3 aliphatic heterocycles. The summed E-state index contributed by atoms with van der Waals surface area (Å²) in [6.07, 6.45) is 3.34. The molecule has 6 nitrogen and oxygen atoms in total. The predicted octanol–water partition coefficient (Wildman–Crippen LogP) is 2.02. The lowest BCUT2D eigenvalue weighted by Gasteiger charge is -2.42. The number of amides is 1. The molecule has 1 aromatic carbocycles. The number of sulfonamides is 1. The van der Waals surface area contributed by atoms with Crippen LogP contribution in [0.5, 0.6) is 0 Å². The number of morpholine rings is 1. The number of carbonyl (C=O) groups excluding carboxylic acids is 1. The number of halogens is 1. The van der Waals surface area contributed by atoms with Gasteiger partial charge >= 0.3 is 0 Å². The molecule has 0 unspecified atom stereocenters. The zero-order valence-electron chi connectivity index (χ0n) is 15.0. The maximum absolute atomic E-state index is 13.2. The molecule has 3 atom stereocenters. The first kappa shape index (κ1) is 17.9. The maximum Gasteiger partial charge on any atom is 0.225 e. The molecular weight excluding hydrogens is 388 g/mol. The number of rotatable bonds is 3. The van der Waals surface area contributed by atoms with Crippen LogP contribution in [0.3, 0.4) is 0 Å². The summed E-state index contributed by atoms with van der Waals surface area (Å²) < 4.78 is 34.1. The molecule has 3 saturated heterocycles. The van der Waals surface area contributed by atoms with Crippen LogP contribution in [0, 0.1) is 5.92 Å². The highest BCUT2D eigenvalue weighted by atomic mass is 35.5. The van der Waals surface area contributed by atoms with Gasteiger partial charge in [-0.25, -0.2) is 8.42 Å². The summed E-state index contributed by atoms with van der Waals surface area (Å²) in [5.41, 5.74) is 0.113. The molecule has 3 heterocycles. The summed E-state index contributed by atoms with van der Waals surface area (Å²) in [6, 6.07) is 7.23. The van der Waals surface area contributed by atoms with Crippen molar-refractivity contribution in [2.45, 2.75) is 49.2 Å². The number of fused-ring (bicyclic) bond motifs is 1. The highest BCUT2D eigenvalue weighted by Gasteiger charge is 2.65. The van der Waals surface area contributed by atoms with Gasteiger partial charge in [-0.2, -0.15) is 4.31 Å². The number of hydrogen-bond acceptors (Lipinski definition) is 4. The van der Waals surface area contributed by atoms with E-state index in [1.54, 1.807) is 12.1 Å². The lowest BCUT2D eigenvalue weighted by atomic mass is 9.84. The highest BCUT2D eigenvalue weighted by Crippen LogP contribution is 2.47. The number of likely N-dealkylation sites (tertiary alicyclic amines) is 1. The number of benzene rings is 1. The van der Waals surface area contributed by atoms with E-state index in [1.807, 2.05) is 17.0 Å². The normalized spacial score (nSPS) is 35.1. The minimum absolute atomic E-state index is 0.125. The lowest BCUT2D eigenvalue weighted by molar-refractivity contribution is -0.157. The average Bonchev–Trinajstić information content (AvgIpc) is 2.94. The van der Waals surface area contributed by atoms with Crippen molar-refractivity contribution < 1.29 is 17.9 Å². The van der Waals surface area contributed by atoms with Crippen LogP contribution in [0.25, 0.3) is 0 Å². The molecule has 0 aromatic heterocycles. The van der Waals surface area contributed by atoms with E-state index in [0.717, 1.165) is 24.8 Å². The molecule has 0 N–H and O–H groups in total. The Kier molecular flexibility index (Phi) is 4.10. The van der Waals surface area contributed by atoms with E-state index in [2.05, 4.69) is 0 Å². The molecule has 1 aliphatic carbocycles. The van der Waals surface area contributed by atoms with E-state index < -0.39 is 20.9 Å². The Bertz CT molecular complexity index is 870. The van der Waals surface area contributed by atoms with Gasteiger partial charge in [-0.15, -0.1) is 0 Å². The molecule has 8 heteroatoms. The Morgan fingerprint density at radius 2 is 1.96 bits per heavy atom. The van der Waals surface area contributed by atoms with E-state index in [1.165, 1.54) is 4.31 Å². The molecule has 1 saturated carbocycles. The predicted molar refractivity (Wildman–Crippen MR) is 101 cm³/mol. The van der Waals surface area contributed by atoms with Gasteiger partial charge in [0.25, 0.3) is 0 Å². The monoisotopic (exact) mass is 410 g/mol. The van der Waals surface area contributed by atoms with Crippen molar-refractivity contribution in [3.8, 4) is 0 Å². The zero-order chi connectivity index (χ0) is 18.8. The number of nitrogens with zero attached hydrogens (tertiary/aromatic N) is 2. The third kappa shape index (κ3) is 2.82. The Hall–Kier alpha value is -1.15. The van der Waals surface area contributed by atoms with Gasteiger partial charge in [0.15, 0.2) is 0 Å². The molecule has 0 radical (unpaired) electrons. The van der Waals surface area contributed by atoms with Crippen LogP contribution in [0.2, 0.25) is 5.02 Å². The van der Waals surface area contributed by atoms with Gasteiger partial charge in [0.2, 0.25) is 15.9 Å². The highest BCUT2D eigenvalue weighted by molar-refractivity contribution is 7.90. The lowest BCUT2D eigenvalue weighted by Crippen LogP contribution is -2.57.